The molecule has 0 unspecified atom stereocenters. The van der Waals surface area contributed by atoms with Gasteiger partial charge in [0.2, 0.25) is 15.9 Å². The average Bonchev–Trinajstić information content (AvgIpc) is 2.99. The van der Waals surface area contributed by atoms with Crippen molar-refractivity contribution >= 4 is 15.9 Å². The van der Waals surface area contributed by atoms with Crippen LogP contribution in [0.1, 0.15) is 38.5 Å². The number of nitrogens with zero attached hydrogens (tertiary/aromatic N) is 2. The lowest BCUT2D eigenvalue weighted by Crippen LogP contribution is -2.45. The molecule has 0 radical (unpaired) electrons. The predicted octanol–water partition coefficient (Wildman–Crippen LogP) is 2.26. The Morgan fingerprint density at radius 2 is 1.57 bits per heavy atom. The van der Waals surface area contributed by atoms with Gasteiger partial charge in [-0.15, -0.1) is 0 Å². The Bertz CT molecular complexity index is 812. The van der Waals surface area contributed by atoms with E-state index in [1.807, 2.05) is 4.90 Å². The van der Waals surface area contributed by atoms with Crippen LogP contribution in [0.2, 0.25) is 0 Å². The van der Waals surface area contributed by atoms with Crippen LogP contribution in [-0.2, 0) is 14.8 Å². The zero-order valence-electron chi connectivity index (χ0n) is 16.1. The summed E-state index contributed by atoms with van der Waals surface area (Å²) in [6.45, 7) is 3.52. The highest BCUT2D eigenvalue weighted by Crippen LogP contribution is 2.34. The highest BCUT2D eigenvalue weighted by molar-refractivity contribution is 7.89. The Morgan fingerprint density at radius 3 is 2.29 bits per heavy atom. The van der Waals surface area contributed by atoms with Gasteiger partial charge < -0.3 is 14.4 Å². The van der Waals surface area contributed by atoms with E-state index in [9.17, 15) is 13.2 Å². The van der Waals surface area contributed by atoms with E-state index in [0.717, 1.165) is 32.4 Å². The fourth-order valence-corrected chi connectivity index (χ4v) is 5.65. The summed E-state index contributed by atoms with van der Waals surface area (Å²) in [5.41, 5.74) is 0. The van der Waals surface area contributed by atoms with Gasteiger partial charge in [0.1, 0.15) is 0 Å². The number of piperidine rings is 2. The molecule has 1 amide bonds. The van der Waals surface area contributed by atoms with Crippen molar-refractivity contribution in [1.29, 1.82) is 0 Å². The average molecular weight is 409 g/mol. The van der Waals surface area contributed by atoms with Gasteiger partial charge in [-0.05, 0) is 44.2 Å². The molecule has 0 spiro atoms. The van der Waals surface area contributed by atoms with Crippen molar-refractivity contribution in [1.82, 2.24) is 9.21 Å². The molecule has 0 N–H and O–H groups in total. The summed E-state index contributed by atoms with van der Waals surface area (Å²) in [7, 11) is -3.61. The van der Waals surface area contributed by atoms with Crippen LogP contribution in [0.5, 0.6) is 11.5 Å². The zero-order valence-corrected chi connectivity index (χ0v) is 17.0. The zero-order chi connectivity index (χ0) is 19.6. The van der Waals surface area contributed by atoms with Crippen LogP contribution in [-0.4, -0.2) is 62.9 Å². The third kappa shape index (κ3) is 3.98. The number of rotatable bonds is 3. The van der Waals surface area contributed by atoms with Crippen LogP contribution < -0.4 is 9.47 Å². The SMILES string of the molecule is O=C(C1CCN(S(=O)(=O)c2ccc3c(c2)OCCCO3)CC1)N1CCCCC1. The lowest BCUT2D eigenvalue weighted by atomic mass is 9.95. The van der Waals surface area contributed by atoms with Crippen molar-refractivity contribution in [2.24, 2.45) is 5.92 Å². The molecule has 1 aromatic rings. The smallest absolute Gasteiger partial charge is 0.243 e. The molecular weight excluding hydrogens is 380 g/mol. The fourth-order valence-electron chi connectivity index (χ4n) is 4.17. The summed E-state index contributed by atoms with van der Waals surface area (Å²) in [5.74, 6) is 1.21. The Hall–Kier alpha value is -1.80. The minimum Gasteiger partial charge on any atom is -0.490 e. The van der Waals surface area contributed by atoms with E-state index in [1.54, 1.807) is 18.2 Å². The second-order valence-electron chi connectivity index (χ2n) is 7.72. The molecule has 154 valence electrons. The van der Waals surface area contributed by atoms with Crippen molar-refractivity contribution in [2.75, 3.05) is 39.4 Å². The minimum atomic E-state index is -3.61. The number of amides is 1. The van der Waals surface area contributed by atoms with E-state index in [-0.39, 0.29) is 16.7 Å². The van der Waals surface area contributed by atoms with Crippen molar-refractivity contribution in [2.45, 2.75) is 43.4 Å². The molecule has 8 heteroatoms. The normalized spacial score (nSPS) is 21.9. The maximum atomic E-state index is 13.1. The number of benzene rings is 1. The Kier molecular flexibility index (Phi) is 5.78. The number of carbonyl (C=O) groups is 1. The Balaban J connectivity index is 1.42. The summed E-state index contributed by atoms with van der Waals surface area (Å²) in [4.78, 5) is 14.9. The summed E-state index contributed by atoms with van der Waals surface area (Å²) in [6.07, 6.45) is 5.27. The lowest BCUT2D eigenvalue weighted by Gasteiger charge is -2.35. The second kappa shape index (κ2) is 8.29. The molecule has 0 aromatic heterocycles. The molecule has 3 aliphatic rings. The van der Waals surface area contributed by atoms with Crippen LogP contribution in [0.4, 0.5) is 0 Å². The van der Waals surface area contributed by atoms with Gasteiger partial charge in [0, 0.05) is 44.6 Å². The number of hydrogen-bond donors (Lipinski definition) is 0. The Labute approximate surface area is 166 Å². The van der Waals surface area contributed by atoms with Gasteiger partial charge in [0.15, 0.2) is 11.5 Å². The lowest BCUT2D eigenvalue weighted by molar-refractivity contribution is -0.137. The van der Waals surface area contributed by atoms with Crippen molar-refractivity contribution in [3.63, 3.8) is 0 Å². The highest BCUT2D eigenvalue weighted by atomic mass is 32.2. The Morgan fingerprint density at radius 1 is 0.893 bits per heavy atom. The van der Waals surface area contributed by atoms with Gasteiger partial charge in [0.05, 0.1) is 18.1 Å². The van der Waals surface area contributed by atoms with Gasteiger partial charge in [-0.1, -0.05) is 0 Å². The van der Waals surface area contributed by atoms with E-state index in [0.29, 0.717) is 50.6 Å². The van der Waals surface area contributed by atoms with Crippen LogP contribution in [0.3, 0.4) is 0 Å². The quantitative estimate of drug-likeness (QED) is 0.767. The van der Waals surface area contributed by atoms with Crippen LogP contribution in [0, 0.1) is 5.92 Å². The van der Waals surface area contributed by atoms with Gasteiger partial charge in [-0.2, -0.15) is 4.31 Å². The fraction of sp³-hybridized carbons (Fsp3) is 0.650. The molecular formula is C20H28N2O5S. The first-order valence-electron chi connectivity index (χ1n) is 10.2. The first kappa shape index (κ1) is 19.5. The third-order valence-corrected chi connectivity index (χ3v) is 7.72. The van der Waals surface area contributed by atoms with Crippen molar-refractivity contribution in [3.8, 4) is 11.5 Å². The maximum Gasteiger partial charge on any atom is 0.243 e. The third-order valence-electron chi connectivity index (χ3n) is 5.83. The summed E-state index contributed by atoms with van der Waals surface area (Å²) < 4.78 is 38.8. The van der Waals surface area contributed by atoms with E-state index in [1.165, 1.54) is 10.7 Å². The summed E-state index contributed by atoms with van der Waals surface area (Å²) in [6, 6.07) is 4.80. The molecule has 1 aromatic carbocycles. The summed E-state index contributed by atoms with van der Waals surface area (Å²) >= 11 is 0. The molecule has 0 atom stereocenters. The monoisotopic (exact) mass is 408 g/mol. The number of hydrogen-bond acceptors (Lipinski definition) is 5. The maximum absolute atomic E-state index is 13.1. The van der Waals surface area contributed by atoms with Crippen LogP contribution >= 0.6 is 0 Å². The van der Waals surface area contributed by atoms with Crippen molar-refractivity contribution < 1.29 is 22.7 Å². The van der Waals surface area contributed by atoms with E-state index in [2.05, 4.69) is 0 Å². The number of likely N-dealkylation sites (tertiary alicyclic amines) is 1. The largest absolute Gasteiger partial charge is 0.490 e. The van der Waals surface area contributed by atoms with Gasteiger partial charge >= 0.3 is 0 Å². The number of sulfonamides is 1. The second-order valence-corrected chi connectivity index (χ2v) is 9.66. The molecule has 2 fully saturated rings. The standard InChI is InChI=1S/C20H28N2O5S/c23-20(21-9-2-1-3-10-21)16-7-11-22(12-8-16)28(24,25)17-5-6-18-19(15-17)27-14-4-13-26-18/h5-6,15-16H,1-4,7-14H2. The molecule has 28 heavy (non-hydrogen) atoms. The first-order valence-corrected chi connectivity index (χ1v) is 11.7. The van der Waals surface area contributed by atoms with Gasteiger partial charge in [0.25, 0.3) is 0 Å². The molecule has 0 bridgehead atoms. The highest BCUT2D eigenvalue weighted by Gasteiger charge is 2.34. The molecule has 0 aliphatic carbocycles. The summed E-state index contributed by atoms with van der Waals surface area (Å²) in [5, 5.41) is 0. The molecule has 7 nitrogen and oxygen atoms in total. The van der Waals surface area contributed by atoms with Crippen LogP contribution in [0.25, 0.3) is 0 Å². The first-order chi connectivity index (χ1) is 13.6. The molecule has 3 heterocycles. The van der Waals surface area contributed by atoms with E-state index in [4.69, 9.17) is 9.47 Å². The molecule has 4 rings (SSSR count). The van der Waals surface area contributed by atoms with E-state index < -0.39 is 10.0 Å². The van der Waals surface area contributed by atoms with Crippen molar-refractivity contribution in [3.05, 3.63) is 18.2 Å². The predicted molar refractivity (Wildman–Crippen MR) is 104 cm³/mol. The molecule has 3 aliphatic heterocycles. The number of fused-ring (bicyclic) bond motifs is 1. The van der Waals surface area contributed by atoms with Gasteiger partial charge in [-0.25, -0.2) is 8.42 Å². The van der Waals surface area contributed by atoms with Gasteiger partial charge in [-0.3, -0.25) is 4.79 Å². The van der Waals surface area contributed by atoms with Crippen LogP contribution in [0.15, 0.2) is 23.1 Å². The molecule has 0 saturated carbocycles. The number of ether oxygens (including phenoxy) is 2. The van der Waals surface area contributed by atoms with E-state index >= 15 is 0 Å². The number of carbonyl (C=O) groups excluding carboxylic acids is 1. The molecule has 2 saturated heterocycles. The minimum absolute atomic E-state index is 0.0617. The topological polar surface area (TPSA) is 76.2 Å².